The van der Waals surface area contributed by atoms with Gasteiger partial charge in [-0.1, -0.05) is 28.4 Å². The molecule has 0 aliphatic rings. The number of halogens is 2. The molecule has 1 heterocycles. The lowest BCUT2D eigenvalue weighted by Gasteiger charge is -2.13. The Bertz CT molecular complexity index is 917. The van der Waals surface area contributed by atoms with E-state index < -0.39 is 0 Å². The number of hydrogen-bond donors (Lipinski definition) is 1. The van der Waals surface area contributed by atoms with Crippen molar-refractivity contribution < 1.29 is 14.1 Å². The van der Waals surface area contributed by atoms with Gasteiger partial charge in [0.15, 0.2) is 5.75 Å². The van der Waals surface area contributed by atoms with Crippen LogP contribution in [0.2, 0.25) is 10.0 Å². The average molecular weight is 391 g/mol. The van der Waals surface area contributed by atoms with Crippen LogP contribution in [0.1, 0.15) is 17.0 Å². The van der Waals surface area contributed by atoms with E-state index in [0.717, 1.165) is 5.56 Å². The molecule has 26 heavy (non-hydrogen) atoms. The topological polar surface area (TPSA) is 64.4 Å². The maximum atomic E-state index is 12.4. The summed E-state index contributed by atoms with van der Waals surface area (Å²) in [4.78, 5) is 12.4. The maximum Gasteiger partial charge on any atom is 0.229 e. The monoisotopic (exact) mass is 390 g/mol. The van der Waals surface area contributed by atoms with Crippen LogP contribution in [-0.2, 0) is 11.2 Å². The van der Waals surface area contributed by atoms with Crippen LogP contribution >= 0.6 is 23.2 Å². The minimum absolute atomic E-state index is 0.147. The summed E-state index contributed by atoms with van der Waals surface area (Å²) in [5, 5.41) is 7.79. The van der Waals surface area contributed by atoms with Crippen LogP contribution in [0.25, 0.3) is 0 Å². The summed E-state index contributed by atoms with van der Waals surface area (Å²) in [6, 6.07) is 12.0. The third kappa shape index (κ3) is 4.36. The zero-order valence-corrected chi connectivity index (χ0v) is 15.7. The van der Waals surface area contributed by atoms with Gasteiger partial charge in [0.2, 0.25) is 5.91 Å². The number of carbonyl (C=O) groups excluding carboxylic acids is 1. The molecule has 0 bridgehead atoms. The van der Waals surface area contributed by atoms with Crippen LogP contribution in [0.15, 0.2) is 47.0 Å². The standard InChI is InChI=1S/C19H16Cl2N2O3/c1-11-16(12(2)26-23-11)10-19(24)22-17-9-14(21)5-8-18(17)25-15-6-3-13(20)4-7-15/h3-9H,10H2,1-2H3,(H,22,24). The van der Waals surface area contributed by atoms with Gasteiger partial charge in [0, 0.05) is 15.6 Å². The van der Waals surface area contributed by atoms with Crippen LogP contribution in [0, 0.1) is 13.8 Å². The first-order valence-electron chi connectivity index (χ1n) is 7.87. The molecule has 3 aromatic rings. The van der Waals surface area contributed by atoms with E-state index in [1.807, 2.05) is 0 Å². The van der Waals surface area contributed by atoms with E-state index >= 15 is 0 Å². The number of nitrogens with one attached hydrogen (secondary N) is 1. The fourth-order valence-corrected chi connectivity index (χ4v) is 2.73. The smallest absolute Gasteiger partial charge is 0.229 e. The Balaban J connectivity index is 1.79. The summed E-state index contributed by atoms with van der Waals surface area (Å²) in [6.07, 6.45) is 0.147. The van der Waals surface area contributed by atoms with Gasteiger partial charge in [-0.3, -0.25) is 4.79 Å². The average Bonchev–Trinajstić information content (AvgIpc) is 2.91. The van der Waals surface area contributed by atoms with Gasteiger partial charge in [-0.15, -0.1) is 0 Å². The summed E-state index contributed by atoms with van der Waals surface area (Å²) in [6.45, 7) is 3.57. The lowest BCUT2D eigenvalue weighted by molar-refractivity contribution is -0.115. The fraction of sp³-hybridized carbons (Fsp3) is 0.158. The number of aryl methyl sites for hydroxylation is 2. The molecule has 0 atom stereocenters. The Labute approximate surface area is 160 Å². The lowest BCUT2D eigenvalue weighted by atomic mass is 10.1. The Morgan fingerprint density at radius 3 is 2.46 bits per heavy atom. The normalized spacial score (nSPS) is 10.6. The lowest BCUT2D eigenvalue weighted by Crippen LogP contribution is -2.15. The van der Waals surface area contributed by atoms with Crippen LogP contribution in [-0.4, -0.2) is 11.1 Å². The molecule has 7 heteroatoms. The molecule has 1 amide bonds. The molecule has 5 nitrogen and oxygen atoms in total. The SMILES string of the molecule is Cc1noc(C)c1CC(=O)Nc1cc(Cl)ccc1Oc1ccc(Cl)cc1. The zero-order chi connectivity index (χ0) is 18.7. The van der Waals surface area contributed by atoms with E-state index in [1.54, 1.807) is 56.3 Å². The van der Waals surface area contributed by atoms with Crippen molar-refractivity contribution in [2.45, 2.75) is 20.3 Å². The predicted molar refractivity (Wildman–Crippen MR) is 101 cm³/mol. The molecule has 134 valence electrons. The minimum Gasteiger partial charge on any atom is -0.455 e. The third-order valence-electron chi connectivity index (χ3n) is 3.78. The second-order valence-electron chi connectivity index (χ2n) is 5.72. The van der Waals surface area contributed by atoms with Gasteiger partial charge in [-0.25, -0.2) is 0 Å². The molecule has 1 N–H and O–H groups in total. The molecule has 0 saturated heterocycles. The Kier molecular flexibility index (Phi) is 5.49. The van der Waals surface area contributed by atoms with E-state index in [-0.39, 0.29) is 12.3 Å². The van der Waals surface area contributed by atoms with Crippen LogP contribution in [0.4, 0.5) is 5.69 Å². The molecular formula is C19H16Cl2N2O3. The van der Waals surface area contributed by atoms with Crippen molar-refractivity contribution in [3.63, 3.8) is 0 Å². The van der Waals surface area contributed by atoms with Gasteiger partial charge in [0.05, 0.1) is 17.8 Å². The number of carbonyl (C=O) groups is 1. The zero-order valence-electron chi connectivity index (χ0n) is 14.2. The molecule has 0 saturated carbocycles. The molecular weight excluding hydrogens is 375 g/mol. The number of ether oxygens (including phenoxy) is 1. The molecule has 0 radical (unpaired) electrons. The minimum atomic E-state index is -0.220. The van der Waals surface area contributed by atoms with E-state index in [0.29, 0.717) is 38.7 Å². The van der Waals surface area contributed by atoms with Crippen molar-refractivity contribution in [3.8, 4) is 11.5 Å². The highest BCUT2D eigenvalue weighted by atomic mass is 35.5. The number of rotatable bonds is 5. The van der Waals surface area contributed by atoms with Crippen molar-refractivity contribution in [1.82, 2.24) is 5.16 Å². The van der Waals surface area contributed by atoms with E-state index in [1.165, 1.54) is 0 Å². The predicted octanol–water partition coefficient (Wildman–Crippen LogP) is 5.57. The second kappa shape index (κ2) is 7.81. The highest BCUT2D eigenvalue weighted by molar-refractivity contribution is 6.31. The first-order chi connectivity index (χ1) is 12.4. The summed E-state index contributed by atoms with van der Waals surface area (Å²) >= 11 is 12.0. The molecule has 0 unspecified atom stereocenters. The fourth-order valence-electron chi connectivity index (χ4n) is 2.43. The van der Waals surface area contributed by atoms with Crippen molar-refractivity contribution >= 4 is 34.8 Å². The summed E-state index contributed by atoms with van der Waals surface area (Å²) in [5.74, 6) is 1.48. The third-order valence-corrected chi connectivity index (χ3v) is 4.26. The number of nitrogens with zero attached hydrogens (tertiary/aromatic N) is 1. The first-order valence-corrected chi connectivity index (χ1v) is 8.62. The Morgan fingerprint density at radius 1 is 1.12 bits per heavy atom. The molecule has 0 fully saturated rings. The van der Waals surface area contributed by atoms with Gasteiger partial charge in [0.1, 0.15) is 11.5 Å². The molecule has 2 aromatic carbocycles. The first kappa shape index (κ1) is 18.3. The van der Waals surface area contributed by atoms with Gasteiger partial charge < -0.3 is 14.6 Å². The number of anilines is 1. The number of aromatic nitrogens is 1. The van der Waals surface area contributed by atoms with Gasteiger partial charge in [0.25, 0.3) is 0 Å². The number of benzene rings is 2. The summed E-state index contributed by atoms with van der Waals surface area (Å²) in [7, 11) is 0. The summed E-state index contributed by atoms with van der Waals surface area (Å²) in [5.41, 5.74) is 1.94. The number of amides is 1. The summed E-state index contributed by atoms with van der Waals surface area (Å²) < 4.78 is 10.9. The molecule has 0 aliphatic heterocycles. The number of hydrogen-bond acceptors (Lipinski definition) is 4. The Hall–Kier alpha value is -2.50. The van der Waals surface area contributed by atoms with Crippen molar-refractivity contribution in [2.24, 2.45) is 0 Å². The molecule has 0 aliphatic carbocycles. The van der Waals surface area contributed by atoms with Gasteiger partial charge in [-0.05, 0) is 56.3 Å². The Morgan fingerprint density at radius 2 is 1.81 bits per heavy atom. The van der Waals surface area contributed by atoms with Crippen LogP contribution in [0.5, 0.6) is 11.5 Å². The highest BCUT2D eigenvalue weighted by Crippen LogP contribution is 2.32. The quantitative estimate of drug-likeness (QED) is 0.618. The highest BCUT2D eigenvalue weighted by Gasteiger charge is 2.15. The van der Waals surface area contributed by atoms with Gasteiger partial charge in [-0.2, -0.15) is 0 Å². The second-order valence-corrected chi connectivity index (χ2v) is 6.60. The molecule has 3 rings (SSSR count). The van der Waals surface area contributed by atoms with E-state index in [9.17, 15) is 4.79 Å². The van der Waals surface area contributed by atoms with Gasteiger partial charge >= 0.3 is 0 Å². The van der Waals surface area contributed by atoms with Crippen molar-refractivity contribution in [1.29, 1.82) is 0 Å². The van der Waals surface area contributed by atoms with Crippen LogP contribution in [0.3, 0.4) is 0 Å². The molecule has 0 spiro atoms. The molecule has 1 aromatic heterocycles. The van der Waals surface area contributed by atoms with Crippen molar-refractivity contribution in [3.05, 3.63) is 69.5 Å². The maximum absolute atomic E-state index is 12.4. The van der Waals surface area contributed by atoms with E-state index in [4.69, 9.17) is 32.5 Å². The largest absolute Gasteiger partial charge is 0.455 e. The van der Waals surface area contributed by atoms with E-state index in [2.05, 4.69) is 10.5 Å². The van der Waals surface area contributed by atoms with Crippen LogP contribution < -0.4 is 10.1 Å². The van der Waals surface area contributed by atoms with Crippen molar-refractivity contribution in [2.75, 3.05) is 5.32 Å².